The molecule has 4 heteroatoms. The van der Waals surface area contributed by atoms with Crippen LogP contribution in [-0.2, 0) is 13.0 Å². The molecule has 0 aromatic heterocycles. The lowest BCUT2D eigenvalue weighted by Crippen LogP contribution is -2.03. The summed E-state index contributed by atoms with van der Waals surface area (Å²) in [7, 11) is 1.46. The summed E-state index contributed by atoms with van der Waals surface area (Å²) in [4.78, 5) is 0. The van der Waals surface area contributed by atoms with E-state index in [1.165, 1.54) is 12.7 Å². The highest BCUT2D eigenvalue weighted by Gasteiger charge is 2.07. The highest BCUT2D eigenvalue weighted by atomic mass is 35.5. The summed E-state index contributed by atoms with van der Waals surface area (Å²) < 4.78 is 18.9. The van der Waals surface area contributed by atoms with Gasteiger partial charge in [-0.3, -0.25) is 0 Å². The Bertz CT molecular complexity index is 557. The molecule has 106 valence electrons. The molecule has 0 saturated carbocycles. The van der Waals surface area contributed by atoms with Crippen LogP contribution in [-0.4, -0.2) is 13.0 Å². The number of benzene rings is 2. The number of anilines is 1. The molecule has 0 atom stereocenters. The van der Waals surface area contributed by atoms with Crippen molar-refractivity contribution in [1.82, 2.24) is 0 Å². The zero-order chi connectivity index (χ0) is 14.4. The third-order valence-electron chi connectivity index (χ3n) is 3.08. The highest BCUT2D eigenvalue weighted by Crippen LogP contribution is 2.21. The molecule has 1 N–H and O–H groups in total. The number of methoxy groups -OCH3 is 1. The fraction of sp³-hybridized carbons (Fsp3) is 0.250. The standard InChI is InChI=1S/C16H17ClFNO/c1-20-15-4-2-3-13(16(15)18)11-19-14-7-5-12(6-8-14)9-10-17/h2-8,19H,9-11H2,1H3. The topological polar surface area (TPSA) is 21.3 Å². The van der Waals surface area contributed by atoms with Gasteiger partial charge in [-0.15, -0.1) is 11.6 Å². The van der Waals surface area contributed by atoms with Crippen LogP contribution in [0.15, 0.2) is 42.5 Å². The fourth-order valence-corrected chi connectivity index (χ4v) is 2.16. The molecule has 2 nitrogen and oxygen atoms in total. The number of hydrogen-bond acceptors (Lipinski definition) is 2. The Hall–Kier alpha value is -1.74. The molecule has 0 radical (unpaired) electrons. The maximum Gasteiger partial charge on any atom is 0.170 e. The van der Waals surface area contributed by atoms with Crippen LogP contribution in [0.4, 0.5) is 10.1 Å². The first-order valence-corrected chi connectivity index (χ1v) is 6.98. The van der Waals surface area contributed by atoms with E-state index in [2.05, 4.69) is 5.32 Å². The van der Waals surface area contributed by atoms with Crippen LogP contribution in [0.3, 0.4) is 0 Å². The van der Waals surface area contributed by atoms with Crippen molar-refractivity contribution in [3.05, 3.63) is 59.4 Å². The van der Waals surface area contributed by atoms with Crippen LogP contribution in [0.5, 0.6) is 5.75 Å². The van der Waals surface area contributed by atoms with E-state index >= 15 is 0 Å². The van der Waals surface area contributed by atoms with Crippen molar-refractivity contribution in [2.24, 2.45) is 0 Å². The first-order valence-electron chi connectivity index (χ1n) is 6.44. The van der Waals surface area contributed by atoms with E-state index in [-0.39, 0.29) is 11.6 Å². The Morgan fingerprint density at radius 1 is 1.15 bits per heavy atom. The Balaban J connectivity index is 2.01. The molecule has 0 amide bonds. The van der Waals surface area contributed by atoms with Gasteiger partial charge in [-0.05, 0) is 30.2 Å². The van der Waals surface area contributed by atoms with E-state index < -0.39 is 0 Å². The summed E-state index contributed by atoms with van der Waals surface area (Å²) in [6, 6.07) is 13.1. The van der Waals surface area contributed by atoms with Crippen LogP contribution in [0.1, 0.15) is 11.1 Å². The van der Waals surface area contributed by atoms with Crippen LogP contribution >= 0.6 is 11.6 Å². The Morgan fingerprint density at radius 3 is 2.55 bits per heavy atom. The molecule has 0 unspecified atom stereocenters. The minimum atomic E-state index is -0.318. The van der Waals surface area contributed by atoms with Crippen LogP contribution in [0, 0.1) is 5.82 Å². The van der Waals surface area contributed by atoms with Crippen molar-refractivity contribution >= 4 is 17.3 Å². The van der Waals surface area contributed by atoms with Gasteiger partial charge < -0.3 is 10.1 Å². The predicted molar refractivity (Wildman–Crippen MR) is 81.1 cm³/mol. The van der Waals surface area contributed by atoms with Gasteiger partial charge in [0.15, 0.2) is 11.6 Å². The second kappa shape index (κ2) is 7.15. The van der Waals surface area contributed by atoms with E-state index in [0.29, 0.717) is 18.0 Å². The molecule has 0 spiro atoms. The van der Waals surface area contributed by atoms with Gasteiger partial charge in [-0.2, -0.15) is 0 Å². The minimum absolute atomic E-state index is 0.266. The number of ether oxygens (including phenoxy) is 1. The maximum atomic E-state index is 14.0. The Kier molecular flexibility index (Phi) is 5.24. The summed E-state index contributed by atoms with van der Waals surface area (Å²) in [5.41, 5.74) is 2.72. The third-order valence-corrected chi connectivity index (χ3v) is 3.27. The van der Waals surface area contributed by atoms with E-state index in [4.69, 9.17) is 16.3 Å². The molecule has 0 fully saturated rings. The number of alkyl halides is 1. The first-order chi connectivity index (χ1) is 9.74. The van der Waals surface area contributed by atoms with Gasteiger partial charge in [-0.1, -0.05) is 24.3 Å². The largest absolute Gasteiger partial charge is 0.494 e. The van der Waals surface area contributed by atoms with Crippen molar-refractivity contribution in [3.8, 4) is 5.75 Å². The lowest BCUT2D eigenvalue weighted by atomic mass is 10.1. The zero-order valence-electron chi connectivity index (χ0n) is 11.3. The summed E-state index contributed by atoms with van der Waals surface area (Å²) in [5.74, 6) is 0.560. The second-order valence-corrected chi connectivity index (χ2v) is 4.80. The van der Waals surface area contributed by atoms with Crippen molar-refractivity contribution in [2.45, 2.75) is 13.0 Å². The average molecular weight is 294 g/mol. The van der Waals surface area contributed by atoms with E-state index in [9.17, 15) is 4.39 Å². The van der Waals surface area contributed by atoms with E-state index in [1.807, 2.05) is 24.3 Å². The monoisotopic (exact) mass is 293 g/mol. The van der Waals surface area contributed by atoms with Gasteiger partial charge in [0.2, 0.25) is 0 Å². The predicted octanol–water partition coefficient (Wildman–Crippen LogP) is 4.23. The zero-order valence-corrected chi connectivity index (χ0v) is 12.1. The summed E-state index contributed by atoms with van der Waals surface area (Å²) in [6.07, 6.45) is 0.854. The Labute approximate surface area is 123 Å². The molecule has 2 aromatic rings. The molecule has 0 bridgehead atoms. The summed E-state index contributed by atoms with van der Waals surface area (Å²) in [6.45, 7) is 0.415. The average Bonchev–Trinajstić information content (AvgIpc) is 2.48. The molecule has 0 aliphatic carbocycles. The fourth-order valence-electron chi connectivity index (χ4n) is 1.95. The molecule has 0 aliphatic heterocycles. The molecular weight excluding hydrogens is 277 g/mol. The van der Waals surface area contributed by atoms with Gasteiger partial charge in [-0.25, -0.2) is 4.39 Å². The quantitative estimate of drug-likeness (QED) is 0.805. The highest BCUT2D eigenvalue weighted by molar-refractivity contribution is 6.17. The normalized spacial score (nSPS) is 10.3. The SMILES string of the molecule is COc1cccc(CNc2ccc(CCCl)cc2)c1F. The van der Waals surface area contributed by atoms with Crippen LogP contribution < -0.4 is 10.1 Å². The molecule has 0 heterocycles. The summed E-state index contributed by atoms with van der Waals surface area (Å²) in [5, 5.41) is 3.19. The van der Waals surface area contributed by atoms with Crippen molar-refractivity contribution in [2.75, 3.05) is 18.3 Å². The van der Waals surface area contributed by atoms with Crippen LogP contribution in [0.25, 0.3) is 0 Å². The van der Waals surface area contributed by atoms with E-state index in [1.54, 1.807) is 18.2 Å². The molecular formula is C16H17ClFNO. The molecule has 2 aromatic carbocycles. The van der Waals surface area contributed by atoms with Gasteiger partial charge >= 0.3 is 0 Å². The lowest BCUT2D eigenvalue weighted by Gasteiger charge is -2.10. The van der Waals surface area contributed by atoms with Crippen molar-refractivity contribution in [3.63, 3.8) is 0 Å². The minimum Gasteiger partial charge on any atom is -0.494 e. The van der Waals surface area contributed by atoms with Crippen LogP contribution in [0.2, 0.25) is 0 Å². The summed E-state index contributed by atoms with van der Waals surface area (Å²) >= 11 is 5.69. The number of hydrogen-bond donors (Lipinski definition) is 1. The third kappa shape index (κ3) is 3.64. The smallest absolute Gasteiger partial charge is 0.170 e. The van der Waals surface area contributed by atoms with Crippen molar-refractivity contribution < 1.29 is 9.13 Å². The lowest BCUT2D eigenvalue weighted by molar-refractivity contribution is 0.384. The van der Waals surface area contributed by atoms with Crippen molar-refractivity contribution in [1.29, 1.82) is 0 Å². The number of nitrogens with one attached hydrogen (secondary N) is 1. The molecule has 0 aliphatic rings. The van der Waals surface area contributed by atoms with E-state index in [0.717, 1.165) is 12.1 Å². The van der Waals surface area contributed by atoms with Gasteiger partial charge in [0.05, 0.1) is 7.11 Å². The number of aryl methyl sites for hydroxylation is 1. The molecule has 2 rings (SSSR count). The Morgan fingerprint density at radius 2 is 1.90 bits per heavy atom. The number of rotatable bonds is 6. The van der Waals surface area contributed by atoms with Gasteiger partial charge in [0, 0.05) is 23.7 Å². The molecule has 0 saturated heterocycles. The van der Waals surface area contributed by atoms with Gasteiger partial charge in [0.1, 0.15) is 0 Å². The number of halogens is 2. The molecule has 20 heavy (non-hydrogen) atoms. The first kappa shape index (κ1) is 14.7. The second-order valence-electron chi connectivity index (χ2n) is 4.42. The maximum absolute atomic E-state index is 14.0. The van der Waals surface area contributed by atoms with Gasteiger partial charge in [0.25, 0.3) is 0 Å².